The van der Waals surface area contributed by atoms with Gasteiger partial charge in [-0.05, 0) is 29.3 Å². The van der Waals surface area contributed by atoms with E-state index in [1.165, 1.54) is 6.07 Å². The van der Waals surface area contributed by atoms with Gasteiger partial charge >= 0.3 is 0 Å². The van der Waals surface area contributed by atoms with E-state index < -0.39 is 10.1 Å². The van der Waals surface area contributed by atoms with Crippen molar-refractivity contribution in [3.8, 4) is 0 Å². The minimum Gasteiger partial charge on any atom is -0.282 e. The van der Waals surface area contributed by atoms with E-state index in [9.17, 15) is 8.42 Å². The van der Waals surface area contributed by atoms with Crippen LogP contribution in [0.25, 0.3) is 10.8 Å². The van der Waals surface area contributed by atoms with Crippen LogP contribution in [0.2, 0.25) is 0 Å². The minimum absolute atomic E-state index is 0.0267. The number of fused-ring (bicyclic) bond motifs is 1. The van der Waals surface area contributed by atoms with E-state index in [-0.39, 0.29) is 4.90 Å². The van der Waals surface area contributed by atoms with E-state index in [2.05, 4.69) is 0 Å². The predicted octanol–water partition coefficient (Wildman–Crippen LogP) is 2.39. The third-order valence-corrected chi connectivity index (χ3v) is 3.32. The largest absolute Gasteiger partial charge is 0.294 e. The van der Waals surface area contributed by atoms with Crippen molar-refractivity contribution >= 4 is 20.9 Å². The van der Waals surface area contributed by atoms with Gasteiger partial charge in [-0.25, -0.2) is 0 Å². The summed E-state index contributed by atoms with van der Waals surface area (Å²) in [5, 5.41) is 1.76. The van der Waals surface area contributed by atoms with E-state index in [0.29, 0.717) is 5.56 Å². The van der Waals surface area contributed by atoms with Crippen molar-refractivity contribution in [1.82, 2.24) is 0 Å². The molecule has 0 bridgehead atoms. The fourth-order valence-electron chi connectivity index (χ4n) is 1.61. The maximum atomic E-state index is 11.1. The van der Waals surface area contributed by atoms with Gasteiger partial charge in [0.2, 0.25) is 0 Å². The van der Waals surface area contributed by atoms with Gasteiger partial charge in [-0.3, -0.25) is 4.55 Å². The SMILES string of the molecule is Cc1cc2ccccc2cc1S(=O)(=O)O. The van der Waals surface area contributed by atoms with Crippen LogP contribution >= 0.6 is 0 Å². The molecule has 0 spiro atoms. The van der Waals surface area contributed by atoms with Crippen LogP contribution in [-0.4, -0.2) is 13.0 Å². The van der Waals surface area contributed by atoms with Gasteiger partial charge in [0.1, 0.15) is 0 Å². The number of hydrogen-bond donors (Lipinski definition) is 1. The molecule has 15 heavy (non-hydrogen) atoms. The molecule has 0 saturated carbocycles. The molecule has 0 aliphatic carbocycles. The average molecular weight is 222 g/mol. The normalized spacial score (nSPS) is 11.9. The third kappa shape index (κ3) is 1.86. The zero-order valence-corrected chi connectivity index (χ0v) is 8.95. The van der Waals surface area contributed by atoms with Gasteiger partial charge in [0.15, 0.2) is 0 Å². The Kier molecular flexibility index (Phi) is 2.25. The van der Waals surface area contributed by atoms with Crippen LogP contribution in [0.3, 0.4) is 0 Å². The van der Waals surface area contributed by atoms with Crippen LogP contribution in [0.4, 0.5) is 0 Å². The molecule has 2 rings (SSSR count). The van der Waals surface area contributed by atoms with Crippen molar-refractivity contribution in [2.24, 2.45) is 0 Å². The van der Waals surface area contributed by atoms with Crippen molar-refractivity contribution in [3.05, 3.63) is 42.0 Å². The van der Waals surface area contributed by atoms with Gasteiger partial charge in [-0.1, -0.05) is 30.3 Å². The van der Waals surface area contributed by atoms with Crippen molar-refractivity contribution in [3.63, 3.8) is 0 Å². The van der Waals surface area contributed by atoms with Gasteiger partial charge in [0, 0.05) is 0 Å². The summed E-state index contributed by atoms with van der Waals surface area (Å²) in [4.78, 5) is -0.0267. The summed E-state index contributed by atoms with van der Waals surface area (Å²) in [7, 11) is -4.12. The monoisotopic (exact) mass is 222 g/mol. The maximum absolute atomic E-state index is 11.1. The van der Waals surface area contributed by atoms with E-state index >= 15 is 0 Å². The van der Waals surface area contributed by atoms with Crippen molar-refractivity contribution in [2.75, 3.05) is 0 Å². The lowest BCUT2D eigenvalue weighted by Gasteiger charge is -2.04. The molecule has 3 nitrogen and oxygen atoms in total. The second-order valence-electron chi connectivity index (χ2n) is 3.44. The second kappa shape index (κ2) is 3.32. The van der Waals surface area contributed by atoms with Crippen molar-refractivity contribution in [1.29, 1.82) is 0 Å². The summed E-state index contributed by atoms with van der Waals surface area (Å²) in [6.45, 7) is 1.66. The third-order valence-electron chi connectivity index (χ3n) is 2.32. The number of hydrogen-bond acceptors (Lipinski definition) is 2. The molecule has 0 saturated heterocycles. The quantitative estimate of drug-likeness (QED) is 0.754. The predicted molar refractivity (Wildman–Crippen MR) is 58.5 cm³/mol. The highest BCUT2D eigenvalue weighted by atomic mass is 32.2. The molecule has 0 aliphatic rings. The Morgan fingerprint density at radius 3 is 2.13 bits per heavy atom. The molecule has 0 fully saturated rings. The smallest absolute Gasteiger partial charge is 0.282 e. The first-order chi connectivity index (χ1) is 6.98. The summed E-state index contributed by atoms with van der Waals surface area (Å²) in [6, 6.07) is 10.7. The fourth-order valence-corrected chi connectivity index (χ4v) is 2.35. The van der Waals surface area contributed by atoms with Gasteiger partial charge in [-0.15, -0.1) is 0 Å². The molecule has 0 aromatic heterocycles. The molecule has 0 amide bonds. The summed E-state index contributed by atoms with van der Waals surface area (Å²) in [5.41, 5.74) is 0.552. The lowest BCUT2D eigenvalue weighted by molar-refractivity contribution is 0.482. The highest BCUT2D eigenvalue weighted by Gasteiger charge is 2.13. The molecular formula is C11H10O3S. The number of rotatable bonds is 1. The molecule has 0 radical (unpaired) electrons. The zero-order valence-electron chi connectivity index (χ0n) is 8.14. The molecule has 0 aliphatic heterocycles. The molecule has 0 unspecified atom stereocenters. The number of benzene rings is 2. The molecule has 78 valence electrons. The Labute approximate surface area is 88.1 Å². The first-order valence-electron chi connectivity index (χ1n) is 4.45. The molecule has 2 aromatic carbocycles. The molecule has 2 aromatic rings. The van der Waals surface area contributed by atoms with E-state index in [1.54, 1.807) is 13.0 Å². The number of aryl methyl sites for hydroxylation is 1. The molecule has 4 heteroatoms. The Morgan fingerprint density at radius 1 is 1.07 bits per heavy atom. The Hall–Kier alpha value is -1.39. The minimum atomic E-state index is -4.12. The standard InChI is InChI=1S/C11H10O3S/c1-8-6-9-4-2-3-5-10(9)7-11(8)15(12,13)14/h2-7H,1H3,(H,12,13,14). The molecule has 0 heterocycles. The first-order valence-corrected chi connectivity index (χ1v) is 5.89. The summed E-state index contributed by atoms with van der Waals surface area (Å²) >= 11 is 0. The van der Waals surface area contributed by atoms with Gasteiger partial charge in [0.25, 0.3) is 10.1 Å². The summed E-state index contributed by atoms with van der Waals surface area (Å²) in [5.74, 6) is 0. The highest BCUT2D eigenvalue weighted by molar-refractivity contribution is 7.85. The van der Waals surface area contributed by atoms with Crippen LogP contribution < -0.4 is 0 Å². The van der Waals surface area contributed by atoms with Gasteiger partial charge in [0.05, 0.1) is 4.90 Å². The second-order valence-corrected chi connectivity index (χ2v) is 4.83. The van der Waals surface area contributed by atoms with Gasteiger partial charge in [-0.2, -0.15) is 8.42 Å². The Bertz CT molecular complexity index is 615. The van der Waals surface area contributed by atoms with Crippen LogP contribution in [0.15, 0.2) is 41.3 Å². The molecule has 0 atom stereocenters. The molecular weight excluding hydrogens is 212 g/mol. The first kappa shape index (κ1) is 10.1. The lowest BCUT2D eigenvalue weighted by Crippen LogP contribution is -2.00. The molecule has 1 N–H and O–H groups in total. The summed E-state index contributed by atoms with van der Waals surface area (Å²) < 4.78 is 31.1. The highest BCUT2D eigenvalue weighted by Crippen LogP contribution is 2.22. The average Bonchev–Trinajstić information content (AvgIpc) is 2.15. The van der Waals surface area contributed by atoms with Crippen LogP contribution in [0.1, 0.15) is 5.56 Å². The fraction of sp³-hybridized carbons (Fsp3) is 0.0909. The van der Waals surface area contributed by atoms with Gasteiger partial charge < -0.3 is 0 Å². The summed E-state index contributed by atoms with van der Waals surface area (Å²) in [6.07, 6.45) is 0. The van der Waals surface area contributed by atoms with Crippen LogP contribution in [0, 0.1) is 6.92 Å². The topological polar surface area (TPSA) is 54.4 Å². The van der Waals surface area contributed by atoms with E-state index in [1.807, 2.05) is 24.3 Å². The zero-order chi connectivity index (χ0) is 11.1. The Morgan fingerprint density at radius 2 is 1.60 bits per heavy atom. The maximum Gasteiger partial charge on any atom is 0.294 e. The van der Waals surface area contributed by atoms with Crippen molar-refractivity contribution in [2.45, 2.75) is 11.8 Å². The van der Waals surface area contributed by atoms with E-state index in [0.717, 1.165) is 10.8 Å². The Balaban J connectivity index is 2.84. The van der Waals surface area contributed by atoms with Crippen LogP contribution in [-0.2, 0) is 10.1 Å². The van der Waals surface area contributed by atoms with E-state index in [4.69, 9.17) is 4.55 Å². The lowest BCUT2D eigenvalue weighted by atomic mass is 10.1. The van der Waals surface area contributed by atoms with Crippen LogP contribution in [0.5, 0.6) is 0 Å². The van der Waals surface area contributed by atoms with Crippen molar-refractivity contribution < 1.29 is 13.0 Å².